The molecule has 0 spiro atoms. The standard InChI is InChI=1S/C18H21N3O2/c1-14-3-5-16(6-4-14)20-17(22)13-18(23)21(2)12-9-15-7-10-19-11-8-15/h3-8,10-11H,9,12-13H2,1-2H3,(H,20,22). The maximum atomic E-state index is 12.1. The van der Waals surface area contributed by atoms with E-state index in [4.69, 9.17) is 0 Å². The molecule has 0 radical (unpaired) electrons. The van der Waals surface area contributed by atoms with E-state index in [2.05, 4.69) is 10.3 Å². The molecule has 0 bridgehead atoms. The van der Waals surface area contributed by atoms with Crippen LogP contribution in [0.15, 0.2) is 48.8 Å². The van der Waals surface area contributed by atoms with E-state index in [-0.39, 0.29) is 18.2 Å². The minimum absolute atomic E-state index is 0.152. The highest BCUT2D eigenvalue weighted by atomic mass is 16.2. The third kappa shape index (κ3) is 5.54. The van der Waals surface area contributed by atoms with Gasteiger partial charge in [-0.15, -0.1) is 0 Å². The number of hydrogen-bond donors (Lipinski definition) is 1. The number of amides is 2. The summed E-state index contributed by atoms with van der Waals surface area (Å²) >= 11 is 0. The van der Waals surface area contributed by atoms with Crippen LogP contribution in [0.2, 0.25) is 0 Å². The van der Waals surface area contributed by atoms with Gasteiger partial charge in [0, 0.05) is 31.7 Å². The lowest BCUT2D eigenvalue weighted by Crippen LogP contribution is -2.32. The van der Waals surface area contributed by atoms with Gasteiger partial charge in [-0.25, -0.2) is 0 Å². The van der Waals surface area contributed by atoms with Gasteiger partial charge in [0.05, 0.1) is 0 Å². The van der Waals surface area contributed by atoms with Crippen molar-refractivity contribution in [2.45, 2.75) is 19.8 Å². The maximum Gasteiger partial charge on any atom is 0.233 e. The number of benzene rings is 1. The Morgan fingerprint density at radius 2 is 1.74 bits per heavy atom. The van der Waals surface area contributed by atoms with Crippen LogP contribution in [0.25, 0.3) is 0 Å². The van der Waals surface area contributed by atoms with Crippen LogP contribution in [0.1, 0.15) is 17.5 Å². The molecule has 2 amide bonds. The Hall–Kier alpha value is -2.69. The first-order chi connectivity index (χ1) is 11.0. The fourth-order valence-corrected chi connectivity index (χ4v) is 2.09. The lowest BCUT2D eigenvalue weighted by molar-refractivity contribution is -0.133. The second-order valence-corrected chi connectivity index (χ2v) is 5.51. The molecule has 120 valence electrons. The van der Waals surface area contributed by atoms with E-state index in [1.807, 2.05) is 43.3 Å². The molecule has 5 nitrogen and oxygen atoms in total. The van der Waals surface area contributed by atoms with E-state index in [1.54, 1.807) is 24.3 Å². The number of hydrogen-bond acceptors (Lipinski definition) is 3. The number of likely N-dealkylation sites (N-methyl/N-ethyl adjacent to an activating group) is 1. The second kappa shape index (κ2) is 8.08. The SMILES string of the molecule is Cc1ccc(NC(=O)CC(=O)N(C)CCc2ccncc2)cc1. The van der Waals surface area contributed by atoms with E-state index in [0.29, 0.717) is 12.2 Å². The molecule has 0 atom stereocenters. The number of carbonyl (C=O) groups is 2. The van der Waals surface area contributed by atoms with Crippen LogP contribution in [0.3, 0.4) is 0 Å². The lowest BCUT2D eigenvalue weighted by Gasteiger charge is -2.17. The number of carbonyl (C=O) groups excluding carboxylic acids is 2. The van der Waals surface area contributed by atoms with E-state index in [0.717, 1.165) is 17.5 Å². The Bertz CT molecular complexity index is 654. The van der Waals surface area contributed by atoms with Gasteiger partial charge in [0.2, 0.25) is 11.8 Å². The molecule has 0 fully saturated rings. The zero-order valence-electron chi connectivity index (χ0n) is 13.5. The van der Waals surface area contributed by atoms with Gasteiger partial charge in [-0.2, -0.15) is 0 Å². The number of nitrogens with zero attached hydrogens (tertiary/aromatic N) is 2. The van der Waals surface area contributed by atoms with Gasteiger partial charge in [-0.1, -0.05) is 17.7 Å². The van der Waals surface area contributed by atoms with E-state index < -0.39 is 0 Å². The van der Waals surface area contributed by atoms with Crippen molar-refractivity contribution in [3.63, 3.8) is 0 Å². The maximum absolute atomic E-state index is 12.1. The van der Waals surface area contributed by atoms with Gasteiger partial charge in [-0.05, 0) is 43.2 Å². The average molecular weight is 311 g/mol. The van der Waals surface area contributed by atoms with Crippen LogP contribution in [-0.2, 0) is 16.0 Å². The summed E-state index contributed by atoms with van der Waals surface area (Å²) in [6.45, 7) is 2.55. The minimum atomic E-state index is -0.297. The molecule has 0 aliphatic heterocycles. The molecule has 0 aliphatic carbocycles. The summed E-state index contributed by atoms with van der Waals surface area (Å²) < 4.78 is 0. The van der Waals surface area contributed by atoms with Gasteiger partial charge in [0.1, 0.15) is 6.42 Å². The van der Waals surface area contributed by atoms with Crippen LogP contribution < -0.4 is 5.32 Å². The highest BCUT2D eigenvalue weighted by molar-refractivity contribution is 6.03. The molecule has 1 heterocycles. The van der Waals surface area contributed by atoms with Gasteiger partial charge < -0.3 is 10.2 Å². The largest absolute Gasteiger partial charge is 0.345 e. The molecule has 0 saturated heterocycles. The molecule has 1 aromatic heterocycles. The Kier molecular flexibility index (Phi) is 5.86. The summed E-state index contributed by atoms with van der Waals surface area (Å²) in [6, 6.07) is 11.3. The number of aromatic nitrogens is 1. The fraction of sp³-hybridized carbons (Fsp3) is 0.278. The summed E-state index contributed by atoms with van der Waals surface area (Å²) in [6.07, 6.45) is 4.05. The Balaban J connectivity index is 1.78. The summed E-state index contributed by atoms with van der Waals surface area (Å²) in [5, 5.41) is 2.73. The predicted molar refractivity (Wildman–Crippen MR) is 90.0 cm³/mol. The number of nitrogens with one attached hydrogen (secondary N) is 1. The van der Waals surface area contributed by atoms with Gasteiger partial charge in [0.15, 0.2) is 0 Å². The van der Waals surface area contributed by atoms with E-state index in [9.17, 15) is 9.59 Å². The minimum Gasteiger partial charge on any atom is -0.345 e. The number of aryl methyl sites for hydroxylation is 1. The summed E-state index contributed by atoms with van der Waals surface area (Å²) in [7, 11) is 1.71. The summed E-state index contributed by atoms with van der Waals surface area (Å²) in [5.41, 5.74) is 2.94. The predicted octanol–water partition coefficient (Wildman–Crippen LogP) is 2.42. The van der Waals surface area contributed by atoms with Gasteiger partial charge in [-0.3, -0.25) is 14.6 Å². The molecule has 0 saturated carbocycles. The Morgan fingerprint density at radius 1 is 1.09 bits per heavy atom. The molecule has 0 unspecified atom stereocenters. The van der Waals surface area contributed by atoms with Crippen molar-refractivity contribution in [2.24, 2.45) is 0 Å². The molecule has 0 aliphatic rings. The Labute approximate surface area is 136 Å². The quantitative estimate of drug-likeness (QED) is 0.833. The van der Waals surface area contributed by atoms with Crippen molar-refractivity contribution in [3.8, 4) is 0 Å². The average Bonchev–Trinajstić information content (AvgIpc) is 2.55. The fourth-order valence-electron chi connectivity index (χ4n) is 2.09. The third-order valence-electron chi connectivity index (χ3n) is 3.56. The topological polar surface area (TPSA) is 62.3 Å². The summed E-state index contributed by atoms with van der Waals surface area (Å²) in [4.78, 5) is 29.5. The molecule has 2 aromatic rings. The van der Waals surface area contributed by atoms with Crippen molar-refractivity contribution in [2.75, 3.05) is 18.9 Å². The zero-order valence-corrected chi connectivity index (χ0v) is 13.5. The van der Waals surface area contributed by atoms with Crippen LogP contribution in [0.4, 0.5) is 5.69 Å². The van der Waals surface area contributed by atoms with Crippen molar-refractivity contribution in [1.29, 1.82) is 0 Å². The van der Waals surface area contributed by atoms with E-state index >= 15 is 0 Å². The normalized spacial score (nSPS) is 10.2. The molecular formula is C18H21N3O2. The molecule has 5 heteroatoms. The van der Waals surface area contributed by atoms with Crippen molar-refractivity contribution in [1.82, 2.24) is 9.88 Å². The van der Waals surface area contributed by atoms with Crippen molar-refractivity contribution in [3.05, 3.63) is 59.9 Å². The molecule has 2 rings (SSSR count). The van der Waals surface area contributed by atoms with E-state index in [1.165, 1.54) is 0 Å². The molecular weight excluding hydrogens is 290 g/mol. The van der Waals surface area contributed by atoms with Crippen LogP contribution in [-0.4, -0.2) is 35.3 Å². The highest BCUT2D eigenvalue weighted by Gasteiger charge is 2.14. The first-order valence-electron chi connectivity index (χ1n) is 7.54. The number of pyridine rings is 1. The van der Waals surface area contributed by atoms with Crippen LogP contribution >= 0.6 is 0 Å². The smallest absolute Gasteiger partial charge is 0.233 e. The van der Waals surface area contributed by atoms with Crippen LogP contribution in [0, 0.1) is 6.92 Å². The lowest BCUT2D eigenvalue weighted by atomic mass is 10.2. The molecule has 1 aromatic carbocycles. The second-order valence-electron chi connectivity index (χ2n) is 5.51. The summed E-state index contributed by atoms with van der Waals surface area (Å²) in [5.74, 6) is -0.488. The van der Waals surface area contributed by atoms with Crippen molar-refractivity contribution < 1.29 is 9.59 Å². The Morgan fingerprint density at radius 3 is 2.39 bits per heavy atom. The van der Waals surface area contributed by atoms with Crippen LogP contribution in [0.5, 0.6) is 0 Å². The van der Waals surface area contributed by atoms with Gasteiger partial charge >= 0.3 is 0 Å². The third-order valence-corrected chi connectivity index (χ3v) is 3.56. The van der Waals surface area contributed by atoms with Crippen molar-refractivity contribution >= 4 is 17.5 Å². The number of rotatable bonds is 6. The zero-order chi connectivity index (χ0) is 16.7. The number of anilines is 1. The first-order valence-corrected chi connectivity index (χ1v) is 7.54. The monoisotopic (exact) mass is 311 g/mol. The molecule has 1 N–H and O–H groups in total. The molecule has 23 heavy (non-hydrogen) atoms. The first kappa shape index (κ1) is 16.7. The highest BCUT2D eigenvalue weighted by Crippen LogP contribution is 2.09. The van der Waals surface area contributed by atoms with Gasteiger partial charge in [0.25, 0.3) is 0 Å².